The van der Waals surface area contributed by atoms with Crippen LogP contribution >= 0.6 is 0 Å². The average Bonchev–Trinajstić information content (AvgIpc) is 2.26. The summed E-state index contributed by atoms with van der Waals surface area (Å²) in [5.74, 6) is 0.0419. The summed E-state index contributed by atoms with van der Waals surface area (Å²) in [5.41, 5.74) is 1.01. The van der Waals surface area contributed by atoms with Crippen LogP contribution in [-0.4, -0.2) is 26.2 Å². The summed E-state index contributed by atoms with van der Waals surface area (Å²) in [6.45, 7) is 5.41. The van der Waals surface area contributed by atoms with Crippen LogP contribution < -0.4 is 4.72 Å². The van der Waals surface area contributed by atoms with E-state index in [0.717, 1.165) is 5.56 Å². The molecule has 17 heavy (non-hydrogen) atoms. The molecule has 1 atom stereocenters. The standard InChI is InChI=1S/C12H19NO3S/c1-9(2)12(8-14)13-17(15,16)11-6-4-10(3)5-7-11/h4-7,9,12-14H,8H2,1-3H3/t12-/m1/s1. The molecule has 1 rings (SSSR count). The molecule has 0 radical (unpaired) electrons. The first kappa shape index (κ1) is 14.2. The van der Waals surface area contributed by atoms with Gasteiger partial charge in [0.2, 0.25) is 10.0 Å². The molecule has 0 bridgehead atoms. The zero-order chi connectivity index (χ0) is 13.1. The normalized spacial score (nSPS) is 13.9. The molecule has 96 valence electrons. The number of aliphatic hydroxyl groups excluding tert-OH is 1. The molecule has 0 unspecified atom stereocenters. The Bertz CT molecular complexity index is 451. The molecule has 0 heterocycles. The van der Waals surface area contributed by atoms with Crippen LogP contribution in [0.2, 0.25) is 0 Å². The van der Waals surface area contributed by atoms with Gasteiger partial charge in [-0.2, -0.15) is 0 Å². The topological polar surface area (TPSA) is 66.4 Å². The SMILES string of the molecule is Cc1ccc(S(=O)(=O)N[C@H](CO)C(C)C)cc1. The van der Waals surface area contributed by atoms with Gasteiger partial charge in [-0.3, -0.25) is 0 Å². The molecule has 5 heteroatoms. The largest absolute Gasteiger partial charge is 0.395 e. The Morgan fingerprint density at radius 3 is 2.18 bits per heavy atom. The Morgan fingerprint density at radius 2 is 1.76 bits per heavy atom. The van der Waals surface area contributed by atoms with E-state index in [0.29, 0.717) is 0 Å². The van der Waals surface area contributed by atoms with Crippen LogP contribution in [0.15, 0.2) is 29.2 Å². The predicted octanol–water partition coefficient (Wildman–Crippen LogP) is 1.29. The fourth-order valence-electron chi connectivity index (χ4n) is 1.37. The van der Waals surface area contributed by atoms with Crippen LogP contribution in [0, 0.1) is 12.8 Å². The van der Waals surface area contributed by atoms with Gasteiger partial charge in [-0.05, 0) is 25.0 Å². The number of hydrogen-bond acceptors (Lipinski definition) is 3. The summed E-state index contributed by atoms with van der Waals surface area (Å²) < 4.78 is 26.5. The minimum Gasteiger partial charge on any atom is -0.395 e. The molecular weight excluding hydrogens is 238 g/mol. The maximum Gasteiger partial charge on any atom is 0.240 e. The zero-order valence-corrected chi connectivity index (χ0v) is 11.2. The first-order valence-corrected chi connectivity index (χ1v) is 7.05. The van der Waals surface area contributed by atoms with Crippen molar-refractivity contribution in [2.24, 2.45) is 5.92 Å². The molecule has 0 aliphatic carbocycles. The van der Waals surface area contributed by atoms with Crippen molar-refractivity contribution in [1.29, 1.82) is 0 Å². The Balaban J connectivity index is 2.92. The number of hydrogen-bond donors (Lipinski definition) is 2. The van der Waals surface area contributed by atoms with Gasteiger partial charge >= 0.3 is 0 Å². The first-order chi connectivity index (χ1) is 7.86. The van der Waals surface area contributed by atoms with Gasteiger partial charge in [0.15, 0.2) is 0 Å². The summed E-state index contributed by atoms with van der Waals surface area (Å²) in [4.78, 5) is 0.224. The minimum atomic E-state index is -3.54. The molecule has 0 spiro atoms. The molecule has 0 fully saturated rings. The summed E-state index contributed by atoms with van der Waals surface area (Å²) in [7, 11) is -3.54. The molecule has 1 aromatic carbocycles. The van der Waals surface area contributed by atoms with E-state index < -0.39 is 16.1 Å². The third-order valence-electron chi connectivity index (χ3n) is 2.64. The van der Waals surface area contributed by atoms with Gasteiger partial charge in [-0.25, -0.2) is 13.1 Å². The van der Waals surface area contributed by atoms with E-state index in [1.165, 1.54) is 0 Å². The van der Waals surface area contributed by atoms with E-state index in [9.17, 15) is 8.42 Å². The Morgan fingerprint density at radius 1 is 1.24 bits per heavy atom. The third-order valence-corrected chi connectivity index (χ3v) is 4.15. The Hall–Kier alpha value is -0.910. The molecule has 2 N–H and O–H groups in total. The van der Waals surface area contributed by atoms with Gasteiger partial charge in [0, 0.05) is 6.04 Å². The van der Waals surface area contributed by atoms with Crippen LogP contribution in [-0.2, 0) is 10.0 Å². The van der Waals surface area contributed by atoms with Crippen molar-refractivity contribution in [1.82, 2.24) is 4.72 Å². The lowest BCUT2D eigenvalue weighted by Crippen LogP contribution is -2.41. The molecule has 4 nitrogen and oxygen atoms in total. The minimum absolute atomic E-state index is 0.0419. The Kier molecular flexibility index (Phi) is 4.68. The van der Waals surface area contributed by atoms with Crippen molar-refractivity contribution in [3.63, 3.8) is 0 Å². The van der Waals surface area contributed by atoms with E-state index in [1.54, 1.807) is 24.3 Å². The highest BCUT2D eigenvalue weighted by atomic mass is 32.2. The van der Waals surface area contributed by atoms with Crippen molar-refractivity contribution >= 4 is 10.0 Å². The molecule has 0 aliphatic heterocycles. The van der Waals surface area contributed by atoms with E-state index in [4.69, 9.17) is 5.11 Å². The van der Waals surface area contributed by atoms with Crippen molar-refractivity contribution in [2.75, 3.05) is 6.61 Å². The average molecular weight is 257 g/mol. The molecular formula is C12H19NO3S. The monoisotopic (exact) mass is 257 g/mol. The number of aliphatic hydroxyl groups is 1. The number of benzene rings is 1. The van der Waals surface area contributed by atoms with Crippen LogP contribution in [0.4, 0.5) is 0 Å². The van der Waals surface area contributed by atoms with E-state index in [1.807, 2.05) is 20.8 Å². The van der Waals surface area contributed by atoms with Crippen LogP contribution in [0.25, 0.3) is 0 Å². The molecule has 1 aromatic rings. The molecule has 0 aliphatic rings. The quantitative estimate of drug-likeness (QED) is 0.835. The van der Waals surface area contributed by atoms with Crippen LogP contribution in [0.3, 0.4) is 0 Å². The lowest BCUT2D eigenvalue weighted by Gasteiger charge is -2.19. The fraction of sp³-hybridized carbons (Fsp3) is 0.500. The van der Waals surface area contributed by atoms with E-state index in [-0.39, 0.29) is 17.4 Å². The maximum atomic E-state index is 12.0. The molecule has 0 aromatic heterocycles. The first-order valence-electron chi connectivity index (χ1n) is 5.56. The second-order valence-electron chi connectivity index (χ2n) is 4.47. The summed E-state index contributed by atoms with van der Waals surface area (Å²) in [6.07, 6.45) is 0. The van der Waals surface area contributed by atoms with Crippen LogP contribution in [0.5, 0.6) is 0 Å². The zero-order valence-electron chi connectivity index (χ0n) is 10.3. The number of aryl methyl sites for hydroxylation is 1. The molecule has 0 saturated heterocycles. The van der Waals surface area contributed by atoms with Gasteiger partial charge in [0.05, 0.1) is 11.5 Å². The van der Waals surface area contributed by atoms with Crippen molar-refractivity contribution in [3.8, 4) is 0 Å². The lowest BCUT2D eigenvalue weighted by atomic mass is 10.1. The number of nitrogens with one attached hydrogen (secondary N) is 1. The lowest BCUT2D eigenvalue weighted by molar-refractivity contribution is 0.227. The summed E-state index contributed by atoms with van der Waals surface area (Å²) >= 11 is 0. The summed E-state index contributed by atoms with van der Waals surface area (Å²) in [6, 6.07) is 6.16. The summed E-state index contributed by atoms with van der Waals surface area (Å²) in [5, 5.41) is 9.12. The van der Waals surface area contributed by atoms with Crippen molar-refractivity contribution in [3.05, 3.63) is 29.8 Å². The van der Waals surface area contributed by atoms with E-state index >= 15 is 0 Å². The second-order valence-corrected chi connectivity index (χ2v) is 6.18. The van der Waals surface area contributed by atoms with Gasteiger partial charge < -0.3 is 5.11 Å². The van der Waals surface area contributed by atoms with Gasteiger partial charge in [-0.15, -0.1) is 0 Å². The highest BCUT2D eigenvalue weighted by molar-refractivity contribution is 7.89. The number of sulfonamides is 1. The van der Waals surface area contributed by atoms with Crippen molar-refractivity contribution < 1.29 is 13.5 Å². The maximum absolute atomic E-state index is 12.0. The van der Waals surface area contributed by atoms with Crippen LogP contribution in [0.1, 0.15) is 19.4 Å². The van der Waals surface area contributed by atoms with Crippen molar-refractivity contribution in [2.45, 2.75) is 31.7 Å². The molecule has 0 amide bonds. The van der Waals surface area contributed by atoms with Gasteiger partial charge in [-0.1, -0.05) is 31.5 Å². The third kappa shape index (κ3) is 3.80. The van der Waals surface area contributed by atoms with Gasteiger partial charge in [0.1, 0.15) is 0 Å². The second kappa shape index (κ2) is 5.62. The molecule has 0 saturated carbocycles. The smallest absolute Gasteiger partial charge is 0.240 e. The Labute approximate surface area is 103 Å². The number of rotatable bonds is 5. The predicted molar refractivity (Wildman–Crippen MR) is 67.2 cm³/mol. The highest BCUT2D eigenvalue weighted by Gasteiger charge is 2.21. The highest BCUT2D eigenvalue weighted by Crippen LogP contribution is 2.12. The van der Waals surface area contributed by atoms with Gasteiger partial charge in [0.25, 0.3) is 0 Å². The fourth-order valence-corrected chi connectivity index (χ4v) is 2.74. The van der Waals surface area contributed by atoms with E-state index in [2.05, 4.69) is 4.72 Å².